The van der Waals surface area contributed by atoms with Crippen LogP contribution >= 0.6 is 11.8 Å². The highest BCUT2D eigenvalue weighted by molar-refractivity contribution is 8.00. The molecule has 1 N–H and O–H groups in total. The van der Waals surface area contributed by atoms with Gasteiger partial charge >= 0.3 is 0 Å². The van der Waals surface area contributed by atoms with Crippen LogP contribution in [-0.4, -0.2) is 47.1 Å². The van der Waals surface area contributed by atoms with Gasteiger partial charge in [-0.1, -0.05) is 12.8 Å². The summed E-state index contributed by atoms with van der Waals surface area (Å²) in [5.41, 5.74) is 0. The minimum absolute atomic E-state index is 0.462. The van der Waals surface area contributed by atoms with E-state index in [4.69, 9.17) is 0 Å². The molecule has 0 spiro atoms. The minimum atomic E-state index is 0.462. The van der Waals surface area contributed by atoms with Crippen molar-refractivity contribution in [2.45, 2.75) is 62.8 Å². The van der Waals surface area contributed by atoms with Gasteiger partial charge in [0.1, 0.15) is 0 Å². The van der Waals surface area contributed by atoms with Crippen LogP contribution in [0, 0.1) is 5.92 Å². The topological polar surface area (TPSA) is 15.3 Å². The molecule has 2 aliphatic heterocycles. The predicted octanol–water partition coefficient (Wildman–Crippen LogP) is 2.73. The molecule has 3 fully saturated rings. The summed E-state index contributed by atoms with van der Waals surface area (Å²) in [7, 11) is 0. The molecule has 0 radical (unpaired) electrons. The van der Waals surface area contributed by atoms with Gasteiger partial charge in [0.25, 0.3) is 0 Å². The number of thioether (sulfide) groups is 1. The molecule has 0 aromatic carbocycles. The second kappa shape index (κ2) is 5.34. The zero-order valence-corrected chi connectivity index (χ0v) is 12.8. The Morgan fingerprint density at radius 2 is 2.11 bits per heavy atom. The van der Waals surface area contributed by atoms with Gasteiger partial charge in [0.15, 0.2) is 0 Å². The average molecular weight is 268 g/mol. The number of nitrogens with one attached hydrogen (secondary N) is 1. The van der Waals surface area contributed by atoms with E-state index in [9.17, 15) is 0 Å². The van der Waals surface area contributed by atoms with Crippen molar-refractivity contribution in [3.05, 3.63) is 0 Å². The van der Waals surface area contributed by atoms with Crippen molar-refractivity contribution in [3.63, 3.8) is 0 Å². The summed E-state index contributed by atoms with van der Waals surface area (Å²) in [5, 5.41) is 3.92. The molecule has 3 unspecified atom stereocenters. The summed E-state index contributed by atoms with van der Waals surface area (Å²) in [6.07, 6.45) is 7.28. The molecular weight excluding hydrogens is 240 g/mol. The lowest BCUT2D eigenvalue weighted by molar-refractivity contribution is 0.235. The van der Waals surface area contributed by atoms with Crippen molar-refractivity contribution in [3.8, 4) is 0 Å². The third-order valence-electron chi connectivity index (χ3n) is 4.93. The highest BCUT2D eigenvalue weighted by Gasteiger charge is 2.36. The first-order chi connectivity index (χ1) is 8.62. The van der Waals surface area contributed by atoms with Gasteiger partial charge in [0, 0.05) is 42.2 Å². The predicted molar refractivity (Wildman–Crippen MR) is 80.3 cm³/mol. The molecule has 3 rings (SSSR count). The SMILES string of the molecule is CC1(C)CN(CC2CC3CCCCC3N2)CCS1. The quantitative estimate of drug-likeness (QED) is 0.829. The van der Waals surface area contributed by atoms with Crippen molar-refractivity contribution in [2.75, 3.05) is 25.4 Å². The average Bonchev–Trinajstić information content (AvgIpc) is 2.69. The number of rotatable bonds is 2. The maximum Gasteiger partial charge on any atom is 0.0231 e. The van der Waals surface area contributed by atoms with E-state index >= 15 is 0 Å². The second-order valence-electron chi connectivity index (χ2n) is 7.09. The fraction of sp³-hybridized carbons (Fsp3) is 1.00. The van der Waals surface area contributed by atoms with Crippen LogP contribution in [-0.2, 0) is 0 Å². The summed E-state index contributed by atoms with van der Waals surface area (Å²) < 4.78 is 0.462. The van der Waals surface area contributed by atoms with Crippen molar-refractivity contribution >= 4 is 11.8 Å². The lowest BCUT2D eigenvalue weighted by atomic mass is 9.85. The van der Waals surface area contributed by atoms with Crippen LogP contribution in [0.25, 0.3) is 0 Å². The first kappa shape index (κ1) is 13.3. The van der Waals surface area contributed by atoms with Crippen LogP contribution in [0.1, 0.15) is 46.0 Å². The first-order valence-electron chi connectivity index (χ1n) is 7.75. The number of hydrogen-bond donors (Lipinski definition) is 1. The summed E-state index contributed by atoms with van der Waals surface area (Å²) in [6.45, 7) is 8.64. The Kier molecular flexibility index (Phi) is 3.93. The molecule has 2 nitrogen and oxygen atoms in total. The Balaban J connectivity index is 1.51. The van der Waals surface area contributed by atoms with Crippen LogP contribution in [0.15, 0.2) is 0 Å². The number of nitrogens with zero attached hydrogens (tertiary/aromatic N) is 1. The maximum absolute atomic E-state index is 3.92. The molecule has 1 saturated carbocycles. The second-order valence-corrected chi connectivity index (χ2v) is 8.90. The van der Waals surface area contributed by atoms with Gasteiger partial charge < -0.3 is 5.32 Å². The number of hydrogen-bond acceptors (Lipinski definition) is 3. The highest BCUT2D eigenvalue weighted by atomic mass is 32.2. The monoisotopic (exact) mass is 268 g/mol. The molecule has 3 atom stereocenters. The van der Waals surface area contributed by atoms with Gasteiger partial charge in [-0.25, -0.2) is 0 Å². The van der Waals surface area contributed by atoms with Gasteiger partial charge in [-0.05, 0) is 39.0 Å². The van der Waals surface area contributed by atoms with E-state index in [2.05, 4.69) is 35.8 Å². The van der Waals surface area contributed by atoms with Gasteiger partial charge in [-0.2, -0.15) is 11.8 Å². The molecule has 3 heteroatoms. The first-order valence-corrected chi connectivity index (χ1v) is 8.73. The van der Waals surface area contributed by atoms with Crippen LogP contribution in [0.2, 0.25) is 0 Å². The summed E-state index contributed by atoms with van der Waals surface area (Å²) >= 11 is 2.14. The maximum atomic E-state index is 3.92. The Morgan fingerprint density at radius 1 is 1.28 bits per heavy atom. The Bertz CT molecular complexity index is 278. The molecule has 0 bridgehead atoms. The molecule has 0 aromatic heterocycles. The van der Waals surface area contributed by atoms with E-state index in [1.807, 2.05) is 0 Å². The van der Waals surface area contributed by atoms with E-state index < -0.39 is 0 Å². The molecule has 3 aliphatic rings. The Hall–Kier alpha value is 0.270. The normalized spacial score (nSPS) is 40.7. The van der Waals surface area contributed by atoms with Crippen molar-refractivity contribution in [2.24, 2.45) is 5.92 Å². The molecular formula is C15H28N2S. The Morgan fingerprint density at radius 3 is 2.89 bits per heavy atom. The fourth-order valence-corrected chi connectivity index (χ4v) is 5.33. The third kappa shape index (κ3) is 3.05. The fourth-order valence-electron chi connectivity index (χ4n) is 4.15. The largest absolute Gasteiger partial charge is 0.310 e. The highest BCUT2D eigenvalue weighted by Crippen LogP contribution is 2.34. The zero-order chi connectivity index (χ0) is 12.6. The van der Waals surface area contributed by atoms with Crippen LogP contribution in [0.3, 0.4) is 0 Å². The van der Waals surface area contributed by atoms with E-state index in [1.165, 1.54) is 57.5 Å². The molecule has 2 saturated heterocycles. The molecule has 1 aliphatic carbocycles. The summed E-state index contributed by atoms with van der Waals surface area (Å²) in [6, 6.07) is 1.63. The van der Waals surface area contributed by atoms with E-state index in [0.717, 1.165) is 18.0 Å². The van der Waals surface area contributed by atoms with Crippen LogP contribution < -0.4 is 5.32 Å². The summed E-state index contributed by atoms with van der Waals surface area (Å²) in [5.74, 6) is 2.31. The Labute approximate surface area is 116 Å². The minimum Gasteiger partial charge on any atom is -0.310 e. The van der Waals surface area contributed by atoms with E-state index in [1.54, 1.807) is 0 Å². The molecule has 104 valence electrons. The van der Waals surface area contributed by atoms with Gasteiger partial charge in [0.05, 0.1) is 0 Å². The zero-order valence-electron chi connectivity index (χ0n) is 12.0. The van der Waals surface area contributed by atoms with Gasteiger partial charge in [-0.15, -0.1) is 0 Å². The lowest BCUT2D eigenvalue weighted by Gasteiger charge is -2.38. The lowest BCUT2D eigenvalue weighted by Crippen LogP contribution is -2.48. The van der Waals surface area contributed by atoms with Gasteiger partial charge in [-0.3, -0.25) is 4.90 Å². The third-order valence-corrected chi connectivity index (χ3v) is 6.23. The number of fused-ring (bicyclic) bond motifs is 1. The van der Waals surface area contributed by atoms with Crippen molar-refractivity contribution in [1.82, 2.24) is 10.2 Å². The van der Waals surface area contributed by atoms with Crippen molar-refractivity contribution < 1.29 is 0 Å². The van der Waals surface area contributed by atoms with Crippen LogP contribution in [0.5, 0.6) is 0 Å². The van der Waals surface area contributed by atoms with Crippen LogP contribution in [0.4, 0.5) is 0 Å². The van der Waals surface area contributed by atoms with Gasteiger partial charge in [0.2, 0.25) is 0 Å². The molecule has 18 heavy (non-hydrogen) atoms. The van der Waals surface area contributed by atoms with E-state index in [-0.39, 0.29) is 0 Å². The molecule has 0 aromatic rings. The molecule has 2 heterocycles. The summed E-state index contributed by atoms with van der Waals surface area (Å²) in [4.78, 5) is 2.70. The standard InChI is InChI=1S/C15H28N2S/c1-15(2)11-17(7-8-18-15)10-13-9-12-5-3-4-6-14(12)16-13/h12-14,16H,3-11H2,1-2H3. The smallest absolute Gasteiger partial charge is 0.0231 e. The molecule has 0 amide bonds. The van der Waals surface area contributed by atoms with E-state index in [0.29, 0.717) is 4.75 Å². The van der Waals surface area contributed by atoms with Crippen molar-refractivity contribution in [1.29, 1.82) is 0 Å².